The Morgan fingerprint density at radius 2 is 2.04 bits per heavy atom. The van der Waals surface area contributed by atoms with Gasteiger partial charge in [-0.1, -0.05) is 42.0 Å². The van der Waals surface area contributed by atoms with E-state index in [1.807, 2.05) is 49.4 Å². The van der Waals surface area contributed by atoms with Crippen LogP contribution >= 0.6 is 11.6 Å². The van der Waals surface area contributed by atoms with Gasteiger partial charge < -0.3 is 14.8 Å². The van der Waals surface area contributed by atoms with Gasteiger partial charge in [-0.25, -0.2) is 0 Å². The fraction of sp³-hybridized carbons (Fsp3) is 0.211. The standard InChI is InChI=1S/C19H20ClNO3/c1-3-5-14-8-9-17(18(11-14)23-2)24-13-19(22)21-12-15-6-4-7-16(20)10-15/h3-11H,12-13H2,1-2H3,(H,21,22)/b5-3+. The van der Waals surface area contributed by atoms with Crippen molar-refractivity contribution in [1.82, 2.24) is 5.32 Å². The average Bonchev–Trinajstić information content (AvgIpc) is 2.59. The third kappa shape index (κ3) is 5.32. The van der Waals surface area contributed by atoms with Crippen molar-refractivity contribution >= 4 is 23.6 Å². The number of nitrogens with one attached hydrogen (secondary N) is 1. The summed E-state index contributed by atoms with van der Waals surface area (Å²) in [6.07, 6.45) is 3.91. The van der Waals surface area contributed by atoms with Gasteiger partial charge in [-0.3, -0.25) is 4.79 Å². The molecule has 2 rings (SSSR count). The molecule has 4 nitrogen and oxygen atoms in total. The van der Waals surface area contributed by atoms with Gasteiger partial charge in [-0.15, -0.1) is 0 Å². The average molecular weight is 346 g/mol. The highest BCUT2D eigenvalue weighted by Gasteiger charge is 2.08. The van der Waals surface area contributed by atoms with E-state index in [-0.39, 0.29) is 12.5 Å². The quantitative estimate of drug-likeness (QED) is 0.822. The van der Waals surface area contributed by atoms with E-state index in [1.54, 1.807) is 19.2 Å². The maximum atomic E-state index is 11.9. The molecule has 2 aromatic rings. The Morgan fingerprint density at radius 1 is 1.21 bits per heavy atom. The van der Waals surface area contributed by atoms with E-state index >= 15 is 0 Å². The lowest BCUT2D eigenvalue weighted by Crippen LogP contribution is -2.28. The number of carbonyl (C=O) groups is 1. The molecular formula is C19H20ClNO3. The van der Waals surface area contributed by atoms with Gasteiger partial charge in [0.2, 0.25) is 0 Å². The minimum absolute atomic E-state index is 0.0834. The van der Waals surface area contributed by atoms with Gasteiger partial charge in [-0.05, 0) is 42.3 Å². The number of hydrogen-bond donors (Lipinski definition) is 1. The van der Waals surface area contributed by atoms with Gasteiger partial charge in [0.25, 0.3) is 5.91 Å². The maximum absolute atomic E-state index is 11.9. The van der Waals surface area contributed by atoms with Crippen molar-refractivity contribution in [3.63, 3.8) is 0 Å². The van der Waals surface area contributed by atoms with Crippen molar-refractivity contribution in [3.05, 3.63) is 64.7 Å². The normalized spacial score (nSPS) is 10.6. The second kappa shape index (κ2) is 8.99. The summed E-state index contributed by atoms with van der Waals surface area (Å²) in [5, 5.41) is 3.43. The fourth-order valence-corrected chi connectivity index (χ4v) is 2.35. The Morgan fingerprint density at radius 3 is 2.75 bits per heavy atom. The zero-order chi connectivity index (χ0) is 17.4. The predicted octanol–water partition coefficient (Wildman–Crippen LogP) is 4.08. The third-order valence-corrected chi connectivity index (χ3v) is 3.52. The molecule has 2 aromatic carbocycles. The Bertz CT molecular complexity index is 728. The van der Waals surface area contributed by atoms with Gasteiger partial charge in [0.1, 0.15) is 0 Å². The highest BCUT2D eigenvalue weighted by Crippen LogP contribution is 2.28. The number of ether oxygens (including phenoxy) is 2. The van der Waals surface area contributed by atoms with Crippen LogP contribution in [0.3, 0.4) is 0 Å². The number of rotatable bonds is 7. The van der Waals surface area contributed by atoms with E-state index in [2.05, 4.69) is 5.32 Å². The van der Waals surface area contributed by atoms with Crippen molar-refractivity contribution in [2.24, 2.45) is 0 Å². The smallest absolute Gasteiger partial charge is 0.258 e. The third-order valence-electron chi connectivity index (χ3n) is 3.28. The van der Waals surface area contributed by atoms with Crippen LogP contribution in [0.1, 0.15) is 18.1 Å². The molecule has 0 fully saturated rings. The molecule has 0 saturated carbocycles. The van der Waals surface area contributed by atoms with Crippen molar-refractivity contribution in [3.8, 4) is 11.5 Å². The van der Waals surface area contributed by atoms with Crippen LogP contribution in [0, 0.1) is 0 Å². The van der Waals surface area contributed by atoms with Crippen LogP contribution in [0.15, 0.2) is 48.5 Å². The number of allylic oxidation sites excluding steroid dienone is 1. The highest BCUT2D eigenvalue weighted by molar-refractivity contribution is 6.30. The van der Waals surface area contributed by atoms with Crippen LogP contribution in [-0.2, 0) is 11.3 Å². The Labute approximate surface area is 147 Å². The molecule has 0 radical (unpaired) electrons. The molecule has 0 aromatic heterocycles. The first-order chi connectivity index (χ1) is 11.6. The monoisotopic (exact) mass is 345 g/mol. The molecule has 0 aliphatic heterocycles. The zero-order valence-corrected chi connectivity index (χ0v) is 14.5. The van der Waals surface area contributed by atoms with E-state index < -0.39 is 0 Å². The molecule has 0 heterocycles. The molecule has 0 aliphatic rings. The summed E-state index contributed by atoms with van der Waals surface area (Å²) in [7, 11) is 1.57. The van der Waals surface area contributed by atoms with Crippen molar-refractivity contribution in [2.75, 3.05) is 13.7 Å². The van der Waals surface area contributed by atoms with E-state index in [9.17, 15) is 4.79 Å². The first-order valence-corrected chi connectivity index (χ1v) is 7.95. The Balaban J connectivity index is 1.89. The summed E-state index contributed by atoms with van der Waals surface area (Å²) in [6, 6.07) is 12.9. The molecular weight excluding hydrogens is 326 g/mol. The molecule has 0 bridgehead atoms. The highest BCUT2D eigenvalue weighted by atomic mass is 35.5. The van der Waals surface area contributed by atoms with Crippen LogP contribution in [0.4, 0.5) is 0 Å². The molecule has 0 spiro atoms. The lowest BCUT2D eigenvalue weighted by molar-refractivity contribution is -0.123. The molecule has 1 amide bonds. The van der Waals surface area contributed by atoms with Gasteiger partial charge in [0.05, 0.1) is 7.11 Å². The molecule has 0 atom stereocenters. The minimum atomic E-state index is -0.213. The summed E-state index contributed by atoms with van der Waals surface area (Å²) >= 11 is 5.91. The van der Waals surface area contributed by atoms with Gasteiger partial charge in [0, 0.05) is 11.6 Å². The zero-order valence-electron chi connectivity index (χ0n) is 13.7. The summed E-state index contributed by atoms with van der Waals surface area (Å²) in [5.74, 6) is 0.909. The number of carbonyl (C=O) groups excluding carboxylic acids is 1. The molecule has 0 unspecified atom stereocenters. The number of benzene rings is 2. The van der Waals surface area contributed by atoms with E-state index in [1.165, 1.54) is 0 Å². The molecule has 0 aliphatic carbocycles. The first kappa shape index (κ1) is 17.9. The van der Waals surface area contributed by atoms with Crippen LogP contribution in [0.2, 0.25) is 5.02 Å². The Kier molecular flexibility index (Phi) is 6.70. The van der Waals surface area contributed by atoms with Crippen LogP contribution in [0.5, 0.6) is 11.5 Å². The van der Waals surface area contributed by atoms with Gasteiger partial charge in [-0.2, -0.15) is 0 Å². The lowest BCUT2D eigenvalue weighted by atomic mass is 10.2. The number of amides is 1. The van der Waals surface area contributed by atoms with Crippen LogP contribution in [-0.4, -0.2) is 19.6 Å². The molecule has 5 heteroatoms. The minimum Gasteiger partial charge on any atom is -0.493 e. The van der Waals surface area contributed by atoms with Crippen LogP contribution in [0.25, 0.3) is 6.08 Å². The molecule has 1 N–H and O–H groups in total. The molecule has 126 valence electrons. The van der Waals surface area contributed by atoms with E-state index in [0.717, 1.165) is 11.1 Å². The summed E-state index contributed by atoms with van der Waals surface area (Å²) in [5.41, 5.74) is 1.94. The second-order valence-corrected chi connectivity index (χ2v) is 5.54. The largest absolute Gasteiger partial charge is 0.493 e. The van der Waals surface area contributed by atoms with Crippen molar-refractivity contribution in [2.45, 2.75) is 13.5 Å². The molecule has 0 saturated heterocycles. The topological polar surface area (TPSA) is 47.6 Å². The van der Waals surface area contributed by atoms with Crippen molar-refractivity contribution < 1.29 is 14.3 Å². The van der Waals surface area contributed by atoms with E-state index in [0.29, 0.717) is 23.1 Å². The van der Waals surface area contributed by atoms with Crippen molar-refractivity contribution in [1.29, 1.82) is 0 Å². The fourth-order valence-electron chi connectivity index (χ4n) is 2.14. The van der Waals surface area contributed by atoms with Gasteiger partial charge >= 0.3 is 0 Å². The number of halogens is 1. The van der Waals surface area contributed by atoms with E-state index in [4.69, 9.17) is 21.1 Å². The number of hydrogen-bond acceptors (Lipinski definition) is 3. The summed E-state index contributed by atoms with van der Waals surface area (Å²) in [6.45, 7) is 2.27. The predicted molar refractivity (Wildman–Crippen MR) is 96.5 cm³/mol. The Hall–Kier alpha value is -2.46. The second-order valence-electron chi connectivity index (χ2n) is 5.11. The lowest BCUT2D eigenvalue weighted by Gasteiger charge is -2.11. The summed E-state index contributed by atoms with van der Waals surface area (Å²) < 4.78 is 10.8. The van der Waals surface area contributed by atoms with Crippen LogP contribution < -0.4 is 14.8 Å². The number of methoxy groups -OCH3 is 1. The first-order valence-electron chi connectivity index (χ1n) is 7.57. The maximum Gasteiger partial charge on any atom is 0.258 e. The summed E-state index contributed by atoms with van der Waals surface area (Å²) in [4.78, 5) is 11.9. The van der Waals surface area contributed by atoms with Gasteiger partial charge in [0.15, 0.2) is 18.1 Å². The SMILES string of the molecule is C/C=C/c1ccc(OCC(=O)NCc2cccc(Cl)c2)c(OC)c1. The molecule has 24 heavy (non-hydrogen) atoms.